The maximum absolute atomic E-state index is 13.8. The Morgan fingerprint density at radius 2 is 1.53 bits per heavy atom. The molecule has 1 aliphatic rings. The van der Waals surface area contributed by atoms with Crippen LogP contribution in [-0.4, -0.2) is 42.3 Å². The zero-order valence-corrected chi connectivity index (χ0v) is 16.4. The van der Waals surface area contributed by atoms with Crippen molar-refractivity contribution in [3.05, 3.63) is 71.3 Å². The quantitative estimate of drug-likeness (QED) is 0.736. The summed E-state index contributed by atoms with van der Waals surface area (Å²) in [5, 5.41) is 5.10. The number of rotatable bonds is 5. The maximum Gasteiger partial charge on any atom is 0.309 e. The number of likely N-dealkylation sites (tertiary alicyclic amines) is 1. The fraction of sp³-hybridized carbons (Fsp3) is 0.318. The molecule has 1 fully saturated rings. The molecule has 1 saturated heterocycles. The third-order valence-corrected chi connectivity index (χ3v) is 5.13. The molecule has 2 N–H and O–H groups in total. The van der Waals surface area contributed by atoms with Crippen molar-refractivity contribution in [3.63, 3.8) is 0 Å². The van der Waals surface area contributed by atoms with Gasteiger partial charge in [0.2, 0.25) is 0 Å². The van der Waals surface area contributed by atoms with Gasteiger partial charge in [0.15, 0.2) is 0 Å². The van der Waals surface area contributed by atoms with Gasteiger partial charge in [0.25, 0.3) is 5.91 Å². The third kappa shape index (κ3) is 5.62. The van der Waals surface area contributed by atoms with Gasteiger partial charge in [-0.2, -0.15) is 0 Å². The van der Waals surface area contributed by atoms with E-state index in [1.807, 2.05) is 0 Å². The molecule has 3 rings (SSSR count). The Morgan fingerprint density at radius 3 is 2.20 bits per heavy atom. The van der Waals surface area contributed by atoms with Gasteiger partial charge >= 0.3 is 11.8 Å². The van der Waals surface area contributed by atoms with Crippen molar-refractivity contribution in [2.45, 2.75) is 19.4 Å². The van der Waals surface area contributed by atoms with Gasteiger partial charge in [0.1, 0.15) is 11.6 Å². The molecule has 0 radical (unpaired) electrons. The van der Waals surface area contributed by atoms with Crippen molar-refractivity contribution in [3.8, 4) is 0 Å². The lowest BCUT2D eigenvalue weighted by atomic mass is 9.96. The topological polar surface area (TPSA) is 78.5 Å². The third-order valence-electron chi connectivity index (χ3n) is 5.13. The Balaban J connectivity index is 1.39. The van der Waals surface area contributed by atoms with Crippen molar-refractivity contribution in [2.75, 3.05) is 19.6 Å². The summed E-state index contributed by atoms with van der Waals surface area (Å²) in [5.41, 5.74) is 0.742. The number of piperidine rings is 1. The summed E-state index contributed by atoms with van der Waals surface area (Å²) < 4.78 is 26.7. The van der Waals surface area contributed by atoms with Gasteiger partial charge in [0, 0.05) is 26.2 Å². The second-order valence-corrected chi connectivity index (χ2v) is 7.23. The van der Waals surface area contributed by atoms with Crippen LogP contribution >= 0.6 is 0 Å². The minimum atomic E-state index is -0.758. The molecule has 8 heteroatoms. The van der Waals surface area contributed by atoms with Crippen LogP contribution in [0.4, 0.5) is 8.78 Å². The van der Waals surface area contributed by atoms with Crippen LogP contribution in [0, 0.1) is 17.6 Å². The molecule has 1 heterocycles. The number of nitrogens with one attached hydrogen (secondary N) is 2. The van der Waals surface area contributed by atoms with Crippen molar-refractivity contribution in [1.29, 1.82) is 0 Å². The van der Waals surface area contributed by atoms with E-state index in [0.717, 1.165) is 0 Å². The van der Waals surface area contributed by atoms with E-state index in [4.69, 9.17) is 0 Å². The van der Waals surface area contributed by atoms with E-state index in [1.165, 1.54) is 42.5 Å². The summed E-state index contributed by atoms with van der Waals surface area (Å²) in [4.78, 5) is 37.9. The van der Waals surface area contributed by atoms with Crippen LogP contribution in [0.2, 0.25) is 0 Å². The van der Waals surface area contributed by atoms with Crippen LogP contribution in [0.15, 0.2) is 48.5 Å². The number of amides is 3. The van der Waals surface area contributed by atoms with Gasteiger partial charge in [-0.1, -0.05) is 24.3 Å². The maximum atomic E-state index is 13.8. The van der Waals surface area contributed by atoms with Crippen molar-refractivity contribution in [2.24, 2.45) is 5.92 Å². The number of carbonyl (C=O) groups excluding carboxylic acids is 3. The van der Waals surface area contributed by atoms with Gasteiger partial charge in [-0.05, 0) is 48.6 Å². The van der Waals surface area contributed by atoms with Crippen molar-refractivity contribution < 1.29 is 23.2 Å². The first kappa shape index (κ1) is 21.4. The van der Waals surface area contributed by atoms with E-state index in [1.54, 1.807) is 11.0 Å². The molecular weight excluding hydrogens is 392 g/mol. The van der Waals surface area contributed by atoms with Gasteiger partial charge in [-0.25, -0.2) is 8.78 Å². The highest BCUT2D eigenvalue weighted by molar-refractivity contribution is 6.35. The fourth-order valence-electron chi connectivity index (χ4n) is 3.33. The molecule has 0 saturated carbocycles. The predicted molar refractivity (Wildman–Crippen MR) is 106 cm³/mol. The fourth-order valence-corrected chi connectivity index (χ4v) is 3.33. The van der Waals surface area contributed by atoms with Crippen LogP contribution in [0.1, 0.15) is 28.8 Å². The Labute approximate surface area is 173 Å². The van der Waals surface area contributed by atoms with Crippen LogP contribution in [0.25, 0.3) is 0 Å². The van der Waals surface area contributed by atoms with E-state index >= 15 is 0 Å². The Bertz CT molecular complexity index is 910. The number of halogens is 2. The number of hydrogen-bond acceptors (Lipinski definition) is 3. The SMILES string of the molecule is O=C(NCc1ccc(F)cc1)C(=O)NCC1CCN(C(=O)c2ccccc2F)CC1. The summed E-state index contributed by atoms with van der Waals surface area (Å²) >= 11 is 0. The van der Waals surface area contributed by atoms with Crippen molar-refractivity contribution in [1.82, 2.24) is 15.5 Å². The summed E-state index contributed by atoms with van der Waals surface area (Å²) in [6.07, 6.45) is 1.30. The van der Waals surface area contributed by atoms with Crippen LogP contribution in [-0.2, 0) is 16.1 Å². The minimum absolute atomic E-state index is 0.0575. The average molecular weight is 415 g/mol. The first-order chi connectivity index (χ1) is 14.4. The van der Waals surface area contributed by atoms with Gasteiger partial charge < -0.3 is 15.5 Å². The first-order valence-corrected chi connectivity index (χ1v) is 9.78. The zero-order valence-electron chi connectivity index (χ0n) is 16.4. The molecule has 2 aromatic rings. The van der Waals surface area contributed by atoms with E-state index < -0.39 is 17.6 Å². The smallest absolute Gasteiger partial charge is 0.309 e. The molecule has 0 spiro atoms. The zero-order chi connectivity index (χ0) is 21.5. The highest BCUT2D eigenvalue weighted by Gasteiger charge is 2.26. The summed E-state index contributed by atoms with van der Waals surface area (Å²) in [5.74, 6) is -2.61. The lowest BCUT2D eigenvalue weighted by Crippen LogP contribution is -2.44. The Kier molecular flexibility index (Phi) is 7.11. The summed E-state index contributed by atoms with van der Waals surface area (Å²) in [6, 6.07) is 11.5. The van der Waals surface area contributed by atoms with E-state index in [2.05, 4.69) is 10.6 Å². The molecule has 6 nitrogen and oxygen atoms in total. The minimum Gasteiger partial charge on any atom is -0.348 e. The normalized spacial score (nSPS) is 14.3. The van der Waals surface area contributed by atoms with Crippen LogP contribution in [0.5, 0.6) is 0 Å². The molecule has 30 heavy (non-hydrogen) atoms. The largest absolute Gasteiger partial charge is 0.348 e. The Morgan fingerprint density at radius 1 is 0.900 bits per heavy atom. The molecule has 0 atom stereocenters. The number of benzene rings is 2. The molecule has 3 amide bonds. The van der Waals surface area contributed by atoms with Crippen LogP contribution in [0.3, 0.4) is 0 Å². The second kappa shape index (κ2) is 9.96. The molecule has 0 unspecified atom stereocenters. The lowest BCUT2D eigenvalue weighted by Gasteiger charge is -2.32. The molecule has 0 bridgehead atoms. The molecule has 0 aromatic heterocycles. The van der Waals surface area contributed by atoms with E-state index in [9.17, 15) is 23.2 Å². The van der Waals surface area contributed by atoms with Gasteiger partial charge in [0.05, 0.1) is 5.56 Å². The lowest BCUT2D eigenvalue weighted by molar-refractivity contribution is -0.139. The molecule has 1 aliphatic heterocycles. The molecule has 158 valence electrons. The molecule has 2 aromatic carbocycles. The summed E-state index contributed by atoms with van der Waals surface area (Å²) in [6.45, 7) is 1.38. The standard InChI is InChI=1S/C22H23F2N3O3/c23-17-7-5-15(6-8-17)13-25-20(28)21(29)26-14-16-9-11-27(12-10-16)22(30)18-3-1-2-4-19(18)24/h1-8,16H,9-14H2,(H,25,28)(H,26,29). The highest BCUT2D eigenvalue weighted by atomic mass is 19.1. The number of nitrogens with zero attached hydrogens (tertiary/aromatic N) is 1. The van der Waals surface area contributed by atoms with Gasteiger partial charge in [-0.15, -0.1) is 0 Å². The molecular formula is C22H23F2N3O3. The second-order valence-electron chi connectivity index (χ2n) is 7.23. The Hall–Kier alpha value is -3.29. The highest BCUT2D eigenvalue weighted by Crippen LogP contribution is 2.19. The van der Waals surface area contributed by atoms with Crippen molar-refractivity contribution >= 4 is 17.7 Å². The van der Waals surface area contributed by atoms with E-state index in [-0.39, 0.29) is 29.8 Å². The predicted octanol–water partition coefficient (Wildman–Crippen LogP) is 2.25. The van der Waals surface area contributed by atoms with E-state index in [0.29, 0.717) is 38.0 Å². The average Bonchev–Trinajstić information content (AvgIpc) is 2.77. The monoisotopic (exact) mass is 415 g/mol. The summed E-state index contributed by atoms with van der Waals surface area (Å²) in [7, 11) is 0. The molecule has 0 aliphatic carbocycles. The number of hydrogen-bond donors (Lipinski definition) is 2. The first-order valence-electron chi connectivity index (χ1n) is 9.78. The number of carbonyl (C=O) groups is 3. The van der Waals surface area contributed by atoms with Crippen LogP contribution < -0.4 is 10.6 Å². The van der Waals surface area contributed by atoms with Gasteiger partial charge in [-0.3, -0.25) is 14.4 Å².